The Balaban J connectivity index is 2.90. The topological polar surface area (TPSA) is 57.5 Å². The second kappa shape index (κ2) is 6.90. The first-order chi connectivity index (χ1) is 8.47. The molecule has 0 spiro atoms. The second-order valence-corrected chi connectivity index (χ2v) is 5.39. The lowest BCUT2D eigenvalue weighted by atomic mass is 9.91. The van der Waals surface area contributed by atoms with Gasteiger partial charge in [-0.2, -0.15) is 0 Å². The minimum Gasteiger partial charge on any atom is -0.481 e. The summed E-state index contributed by atoms with van der Waals surface area (Å²) >= 11 is 3.39. The highest BCUT2D eigenvalue weighted by molar-refractivity contribution is 9.10. The summed E-state index contributed by atoms with van der Waals surface area (Å²) in [6.45, 7) is 3.96. The van der Waals surface area contributed by atoms with Gasteiger partial charge in [0.2, 0.25) is 0 Å². The molecule has 0 bridgehead atoms. The summed E-state index contributed by atoms with van der Waals surface area (Å²) in [5.41, 5.74) is 1.71. The molecule has 2 unspecified atom stereocenters. The number of halogens is 1. The van der Waals surface area contributed by atoms with Crippen LogP contribution in [0.5, 0.6) is 0 Å². The fourth-order valence-corrected chi connectivity index (χ4v) is 2.26. The van der Waals surface area contributed by atoms with Gasteiger partial charge in [0.25, 0.3) is 0 Å². The number of hydrogen-bond acceptors (Lipinski definition) is 2. The Bertz CT molecular complexity index is 418. The van der Waals surface area contributed by atoms with Crippen molar-refractivity contribution < 1.29 is 15.0 Å². The molecule has 4 heteroatoms. The molecule has 1 rings (SSSR count). The van der Waals surface area contributed by atoms with Gasteiger partial charge in [0.1, 0.15) is 0 Å². The zero-order chi connectivity index (χ0) is 13.7. The third-order valence-corrected chi connectivity index (χ3v) is 3.96. The van der Waals surface area contributed by atoms with Gasteiger partial charge in [0.05, 0.1) is 12.0 Å². The molecule has 1 aromatic rings. The van der Waals surface area contributed by atoms with E-state index >= 15 is 0 Å². The van der Waals surface area contributed by atoms with Crippen molar-refractivity contribution in [2.75, 3.05) is 0 Å². The molecule has 1 aromatic carbocycles. The molecule has 0 amide bonds. The van der Waals surface area contributed by atoms with Gasteiger partial charge in [-0.25, -0.2) is 0 Å². The van der Waals surface area contributed by atoms with Gasteiger partial charge in [0, 0.05) is 4.47 Å². The van der Waals surface area contributed by atoms with E-state index in [0.29, 0.717) is 12.0 Å². The van der Waals surface area contributed by atoms with E-state index in [9.17, 15) is 15.0 Å². The Morgan fingerprint density at radius 2 is 2.11 bits per heavy atom. The molecule has 100 valence electrons. The fourth-order valence-electron chi connectivity index (χ4n) is 1.87. The Labute approximate surface area is 116 Å². The van der Waals surface area contributed by atoms with Crippen LogP contribution in [0.4, 0.5) is 0 Å². The molecule has 2 atom stereocenters. The molecule has 0 aliphatic carbocycles. The quantitative estimate of drug-likeness (QED) is 0.842. The van der Waals surface area contributed by atoms with Gasteiger partial charge < -0.3 is 10.2 Å². The summed E-state index contributed by atoms with van der Waals surface area (Å²) < 4.78 is 0.888. The molecular formula is C14H19BrO3. The van der Waals surface area contributed by atoms with Crippen molar-refractivity contribution in [3.05, 3.63) is 33.8 Å². The Morgan fingerprint density at radius 1 is 1.44 bits per heavy atom. The van der Waals surface area contributed by atoms with Crippen LogP contribution in [0, 0.1) is 12.8 Å². The lowest BCUT2D eigenvalue weighted by Gasteiger charge is -2.19. The number of aliphatic carboxylic acids is 1. The molecule has 0 aromatic heterocycles. The summed E-state index contributed by atoms with van der Waals surface area (Å²) in [4.78, 5) is 11.2. The summed E-state index contributed by atoms with van der Waals surface area (Å²) in [5, 5.41) is 19.4. The molecule has 0 aliphatic rings. The van der Waals surface area contributed by atoms with E-state index in [4.69, 9.17) is 0 Å². The maximum Gasteiger partial charge on any atom is 0.309 e. The third-order valence-electron chi connectivity index (χ3n) is 3.10. The predicted octanol–water partition coefficient (Wildman–Crippen LogP) is 3.68. The average Bonchev–Trinajstić information content (AvgIpc) is 2.32. The van der Waals surface area contributed by atoms with Crippen LogP contribution in [0.15, 0.2) is 22.7 Å². The van der Waals surface area contributed by atoms with Crippen LogP contribution in [0.1, 0.15) is 43.4 Å². The van der Waals surface area contributed by atoms with Crippen LogP contribution < -0.4 is 0 Å². The lowest BCUT2D eigenvalue weighted by molar-refractivity contribution is -0.146. The number of rotatable bonds is 6. The third kappa shape index (κ3) is 3.82. The molecule has 3 nitrogen and oxygen atoms in total. The van der Waals surface area contributed by atoms with E-state index in [1.807, 2.05) is 19.9 Å². The number of hydrogen-bond donors (Lipinski definition) is 2. The van der Waals surface area contributed by atoms with Gasteiger partial charge >= 0.3 is 5.97 Å². The first-order valence-corrected chi connectivity index (χ1v) is 6.93. The zero-order valence-corrected chi connectivity index (χ0v) is 12.3. The van der Waals surface area contributed by atoms with Gasteiger partial charge in [-0.05, 0) is 30.5 Å². The van der Waals surface area contributed by atoms with E-state index in [1.165, 1.54) is 0 Å². The van der Waals surface area contributed by atoms with Gasteiger partial charge in [-0.15, -0.1) is 0 Å². The summed E-state index contributed by atoms with van der Waals surface area (Å²) in [7, 11) is 0. The monoisotopic (exact) mass is 314 g/mol. The number of carboxylic acids is 1. The van der Waals surface area contributed by atoms with E-state index in [-0.39, 0.29) is 0 Å². The van der Waals surface area contributed by atoms with Crippen LogP contribution in [0.25, 0.3) is 0 Å². The minimum absolute atomic E-state index is 0.499. The molecule has 0 saturated heterocycles. The van der Waals surface area contributed by atoms with E-state index in [1.54, 1.807) is 12.1 Å². The smallest absolute Gasteiger partial charge is 0.309 e. The minimum atomic E-state index is -0.953. The molecule has 0 aliphatic heterocycles. The normalized spacial score (nSPS) is 14.2. The van der Waals surface area contributed by atoms with Crippen molar-refractivity contribution in [3.8, 4) is 0 Å². The van der Waals surface area contributed by atoms with Gasteiger partial charge in [-0.1, -0.05) is 47.8 Å². The molecule has 18 heavy (non-hydrogen) atoms. The molecule has 0 radical (unpaired) electrons. The van der Waals surface area contributed by atoms with Crippen molar-refractivity contribution in [1.82, 2.24) is 0 Å². The second-order valence-electron chi connectivity index (χ2n) is 4.54. The Kier molecular flexibility index (Phi) is 5.82. The first-order valence-electron chi connectivity index (χ1n) is 6.14. The largest absolute Gasteiger partial charge is 0.481 e. The van der Waals surface area contributed by atoms with Crippen molar-refractivity contribution in [2.45, 2.75) is 39.2 Å². The highest BCUT2D eigenvalue weighted by atomic mass is 79.9. The number of aliphatic hydroxyl groups is 1. The molecular weight excluding hydrogens is 296 g/mol. The number of aryl methyl sites for hydroxylation is 1. The van der Waals surface area contributed by atoms with Crippen molar-refractivity contribution in [2.24, 2.45) is 5.92 Å². The van der Waals surface area contributed by atoms with Crippen LogP contribution in [-0.4, -0.2) is 16.2 Å². The Hall–Kier alpha value is -0.870. The lowest BCUT2D eigenvalue weighted by Crippen LogP contribution is -2.22. The summed E-state index contributed by atoms with van der Waals surface area (Å²) in [6, 6.07) is 5.45. The van der Waals surface area contributed by atoms with Gasteiger partial charge in [0.15, 0.2) is 0 Å². The standard InChI is InChI=1S/C14H19BrO3/c1-3-4-5-11(14(17)18)13(16)10-7-6-9(2)12(15)8-10/h6-8,11,13,16H,3-5H2,1-2H3,(H,17,18). The van der Waals surface area contributed by atoms with E-state index < -0.39 is 18.0 Å². The average molecular weight is 315 g/mol. The number of unbranched alkanes of at least 4 members (excludes halogenated alkanes) is 1. The number of benzene rings is 1. The number of carboxylic acid groups (broad SMARTS) is 1. The maximum atomic E-state index is 11.2. The van der Waals surface area contributed by atoms with Crippen LogP contribution in [0.3, 0.4) is 0 Å². The fraction of sp³-hybridized carbons (Fsp3) is 0.500. The SMILES string of the molecule is CCCCC(C(=O)O)C(O)c1ccc(C)c(Br)c1. The summed E-state index contributed by atoms with van der Waals surface area (Å²) in [5.74, 6) is -1.67. The van der Waals surface area contributed by atoms with Crippen molar-refractivity contribution in [3.63, 3.8) is 0 Å². The summed E-state index contributed by atoms with van der Waals surface area (Å²) in [6.07, 6.45) is 1.28. The van der Waals surface area contributed by atoms with Gasteiger partial charge in [-0.3, -0.25) is 4.79 Å². The first kappa shape index (κ1) is 15.2. The predicted molar refractivity (Wildman–Crippen MR) is 74.5 cm³/mol. The van der Waals surface area contributed by atoms with Crippen molar-refractivity contribution >= 4 is 21.9 Å². The molecule has 0 heterocycles. The molecule has 0 fully saturated rings. The zero-order valence-electron chi connectivity index (χ0n) is 10.7. The Morgan fingerprint density at radius 3 is 2.61 bits per heavy atom. The van der Waals surface area contributed by atoms with E-state index in [2.05, 4.69) is 15.9 Å². The molecule has 0 saturated carbocycles. The van der Waals surface area contributed by atoms with Crippen molar-refractivity contribution in [1.29, 1.82) is 0 Å². The number of aliphatic hydroxyl groups excluding tert-OH is 1. The maximum absolute atomic E-state index is 11.2. The number of carbonyl (C=O) groups is 1. The van der Waals surface area contributed by atoms with Crippen LogP contribution in [-0.2, 0) is 4.79 Å². The van der Waals surface area contributed by atoms with E-state index in [0.717, 1.165) is 22.9 Å². The van der Waals surface area contributed by atoms with Crippen LogP contribution >= 0.6 is 15.9 Å². The van der Waals surface area contributed by atoms with Crippen LogP contribution in [0.2, 0.25) is 0 Å². The highest BCUT2D eigenvalue weighted by Gasteiger charge is 2.27. The highest BCUT2D eigenvalue weighted by Crippen LogP contribution is 2.29. The molecule has 2 N–H and O–H groups in total.